The summed E-state index contributed by atoms with van der Waals surface area (Å²) in [7, 11) is 0. The Morgan fingerprint density at radius 1 is 1.03 bits per heavy atom. The van der Waals surface area contributed by atoms with Crippen molar-refractivity contribution in [2.45, 2.75) is 13.0 Å². The number of hydrogen-bond donors (Lipinski definition) is 2. The Labute approximate surface area is 189 Å². The van der Waals surface area contributed by atoms with Gasteiger partial charge >= 0.3 is 0 Å². The van der Waals surface area contributed by atoms with Crippen molar-refractivity contribution in [3.05, 3.63) is 105 Å². The van der Waals surface area contributed by atoms with Crippen molar-refractivity contribution in [1.29, 1.82) is 0 Å². The van der Waals surface area contributed by atoms with Crippen molar-refractivity contribution in [3.8, 4) is 0 Å². The highest BCUT2D eigenvalue weighted by molar-refractivity contribution is 6.36. The lowest BCUT2D eigenvalue weighted by Gasteiger charge is -2.30. The summed E-state index contributed by atoms with van der Waals surface area (Å²) >= 11 is 6.31. The zero-order valence-corrected chi connectivity index (χ0v) is 17.8. The van der Waals surface area contributed by atoms with E-state index < -0.39 is 11.7 Å². The normalized spacial score (nSPS) is 13.5. The van der Waals surface area contributed by atoms with E-state index in [1.807, 2.05) is 36.4 Å². The third kappa shape index (κ3) is 4.56. The minimum Gasteiger partial charge on any atom is -0.334 e. The first-order valence-corrected chi connectivity index (χ1v) is 10.4. The molecule has 0 saturated heterocycles. The molecule has 3 aromatic carbocycles. The Morgan fingerprint density at radius 3 is 2.53 bits per heavy atom. The van der Waals surface area contributed by atoms with E-state index in [2.05, 4.69) is 0 Å². The average molecular weight is 451 g/mol. The van der Waals surface area contributed by atoms with Crippen LogP contribution in [0.4, 0.5) is 4.39 Å². The smallest absolute Gasteiger partial charge is 0.274 e. The maximum absolute atomic E-state index is 13.6. The second kappa shape index (κ2) is 9.34. The number of halogens is 2. The standard InChI is InChI=1S/C25H20ClFN2O3/c26-23-14-20(27)8-9-21(23)22(12-16-4-2-1-3-5-16)25(31)29-11-10-17-6-7-18(24(30)28-32)13-19(17)15-29/h1-9,12-14,32H,10-11,15H2,(H,28,30)/b22-12-. The predicted molar refractivity (Wildman–Crippen MR) is 121 cm³/mol. The van der Waals surface area contributed by atoms with Gasteiger partial charge in [-0.25, -0.2) is 9.87 Å². The zero-order valence-electron chi connectivity index (χ0n) is 17.0. The van der Waals surface area contributed by atoms with Gasteiger partial charge in [-0.2, -0.15) is 0 Å². The van der Waals surface area contributed by atoms with Crippen molar-refractivity contribution in [1.82, 2.24) is 10.4 Å². The molecule has 2 N–H and O–H groups in total. The summed E-state index contributed by atoms with van der Waals surface area (Å²) in [5.41, 5.74) is 5.42. The van der Waals surface area contributed by atoms with Crippen LogP contribution in [0.5, 0.6) is 0 Å². The van der Waals surface area contributed by atoms with Crippen molar-refractivity contribution in [2.24, 2.45) is 0 Å². The third-order valence-electron chi connectivity index (χ3n) is 5.43. The van der Waals surface area contributed by atoms with Crippen LogP contribution in [0.2, 0.25) is 5.02 Å². The van der Waals surface area contributed by atoms with E-state index in [1.165, 1.54) is 18.2 Å². The molecule has 7 heteroatoms. The van der Waals surface area contributed by atoms with Crippen molar-refractivity contribution in [2.75, 3.05) is 6.54 Å². The van der Waals surface area contributed by atoms with Crippen LogP contribution in [-0.2, 0) is 17.8 Å². The fourth-order valence-corrected chi connectivity index (χ4v) is 4.05. The highest BCUT2D eigenvalue weighted by atomic mass is 35.5. The number of nitrogens with zero attached hydrogens (tertiary/aromatic N) is 1. The van der Waals surface area contributed by atoms with Gasteiger partial charge in [0.1, 0.15) is 5.82 Å². The number of rotatable bonds is 4. The number of hydrogen-bond acceptors (Lipinski definition) is 3. The second-order valence-electron chi connectivity index (χ2n) is 7.49. The fourth-order valence-electron chi connectivity index (χ4n) is 3.79. The minimum atomic E-state index is -0.612. The number of nitrogens with one attached hydrogen (secondary N) is 1. The predicted octanol–water partition coefficient (Wildman–Crippen LogP) is 4.72. The molecule has 1 heterocycles. The van der Waals surface area contributed by atoms with E-state index in [-0.39, 0.29) is 10.9 Å². The van der Waals surface area contributed by atoms with Gasteiger partial charge in [0, 0.05) is 29.8 Å². The zero-order chi connectivity index (χ0) is 22.7. The van der Waals surface area contributed by atoms with E-state index in [4.69, 9.17) is 16.8 Å². The summed E-state index contributed by atoms with van der Waals surface area (Å²) in [4.78, 5) is 27.1. The molecule has 162 valence electrons. The minimum absolute atomic E-state index is 0.153. The molecule has 0 radical (unpaired) electrons. The molecular weight excluding hydrogens is 431 g/mol. The van der Waals surface area contributed by atoms with Crippen LogP contribution in [0, 0.1) is 5.82 Å². The summed E-state index contributed by atoms with van der Waals surface area (Å²) in [5.74, 6) is -1.34. The van der Waals surface area contributed by atoms with Crippen molar-refractivity contribution < 1.29 is 19.2 Å². The van der Waals surface area contributed by atoms with Crippen LogP contribution in [0.3, 0.4) is 0 Å². The van der Waals surface area contributed by atoms with E-state index in [0.29, 0.717) is 36.2 Å². The van der Waals surface area contributed by atoms with Crippen LogP contribution in [0.1, 0.15) is 32.6 Å². The number of benzene rings is 3. The molecule has 0 aliphatic carbocycles. The number of hydroxylamine groups is 1. The van der Waals surface area contributed by atoms with Gasteiger partial charge in [0.05, 0.1) is 5.02 Å². The molecule has 0 fully saturated rings. The Bertz CT molecular complexity index is 1210. The van der Waals surface area contributed by atoms with Gasteiger partial charge in [0.15, 0.2) is 0 Å². The lowest BCUT2D eigenvalue weighted by molar-refractivity contribution is -0.125. The van der Waals surface area contributed by atoms with E-state index in [0.717, 1.165) is 16.7 Å². The van der Waals surface area contributed by atoms with Gasteiger partial charge in [0.2, 0.25) is 0 Å². The summed E-state index contributed by atoms with van der Waals surface area (Å²) < 4.78 is 13.6. The topological polar surface area (TPSA) is 69.6 Å². The van der Waals surface area contributed by atoms with E-state index in [9.17, 15) is 14.0 Å². The molecule has 0 aromatic heterocycles. The maximum Gasteiger partial charge on any atom is 0.274 e. The maximum atomic E-state index is 13.6. The molecule has 0 saturated carbocycles. The number of carbonyl (C=O) groups is 2. The molecule has 1 aliphatic heterocycles. The first kappa shape index (κ1) is 21.7. The first-order valence-electron chi connectivity index (χ1n) is 10.0. The van der Waals surface area contributed by atoms with Gasteiger partial charge in [-0.3, -0.25) is 14.8 Å². The van der Waals surface area contributed by atoms with Crippen LogP contribution in [0.25, 0.3) is 11.6 Å². The van der Waals surface area contributed by atoms with E-state index in [1.54, 1.807) is 28.6 Å². The van der Waals surface area contributed by atoms with Gasteiger partial charge in [-0.05, 0) is 59.5 Å². The first-order chi connectivity index (χ1) is 15.5. The summed E-state index contributed by atoms with van der Waals surface area (Å²) in [6.45, 7) is 0.786. The van der Waals surface area contributed by atoms with Gasteiger partial charge < -0.3 is 4.90 Å². The van der Waals surface area contributed by atoms with E-state index >= 15 is 0 Å². The molecule has 0 spiro atoms. The highest BCUT2D eigenvalue weighted by Gasteiger charge is 2.26. The van der Waals surface area contributed by atoms with Gasteiger partial charge in [-0.1, -0.05) is 48.0 Å². The molecule has 4 rings (SSSR count). The molecule has 32 heavy (non-hydrogen) atoms. The van der Waals surface area contributed by atoms with Crippen LogP contribution >= 0.6 is 11.6 Å². The summed E-state index contributed by atoms with van der Waals surface area (Å²) in [6, 6.07) is 18.5. The average Bonchev–Trinajstić information content (AvgIpc) is 2.82. The molecule has 1 aliphatic rings. The molecule has 2 amide bonds. The highest BCUT2D eigenvalue weighted by Crippen LogP contribution is 2.30. The molecule has 0 atom stereocenters. The third-order valence-corrected chi connectivity index (χ3v) is 5.74. The monoisotopic (exact) mass is 450 g/mol. The van der Waals surface area contributed by atoms with Crippen molar-refractivity contribution in [3.63, 3.8) is 0 Å². The van der Waals surface area contributed by atoms with Gasteiger partial charge in [-0.15, -0.1) is 0 Å². The molecular formula is C25H20ClFN2O3. The summed E-state index contributed by atoms with van der Waals surface area (Å²) in [6.07, 6.45) is 2.37. The van der Waals surface area contributed by atoms with Gasteiger partial charge in [0.25, 0.3) is 11.8 Å². The Morgan fingerprint density at radius 2 is 1.81 bits per heavy atom. The second-order valence-corrected chi connectivity index (χ2v) is 7.90. The Hall–Kier alpha value is -3.48. The molecule has 5 nitrogen and oxygen atoms in total. The summed E-state index contributed by atoms with van der Waals surface area (Å²) in [5, 5.41) is 9.06. The Balaban J connectivity index is 1.70. The van der Waals surface area contributed by atoms with Crippen LogP contribution in [-0.4, -0.2) is 28.5 Å². The molecule has 0 bridgehead atoms. The largest absolute Gasteiger partial charge is 0.334 e. The SMILES string of the molecule is O=C(NO)c1ccc2c(c1)CN(C(=O)/C(=C\c1ccccc1)c1ccc(F)cc1Cl)CC2. The van der Waals surface area contributed by atoms with Crippen LogP contribution in [0.15, 0.2) is 66.7 Å². The lowest BCUT2D eigenvalue weighted by Crippen LogP contribution is -2.36. The molecule has 0 unspecified atom stereocenters. The number of fused-ring (bicyclic) bond motifs is 1. The fraction of sp³-hybridized carbons (Fsp3) is 0.120. The Kier molecular flexibility index (Phi) is 6.35. The lowest BCUT2D eigenvalue weighted by atomic mass is 9.95. The molecule has 3 aromatic rings. The van der Waals surface area contributed by atoms with Crippen LogP contribution < -0.4 is 5.48 Å². The van der Waals surface area contributed by atoms with Crippen molar-refractivity contribution >= 4 is 35.1 Å². The number of amides is 2. The number of carbonyl (C=O) groups excluding carboxylic acids is 2. The quantitative estimate of drug-likeness (QED) is 0.261.